The maximum absolute atomic E-state index is 12.0. The van der Waals surface area contributed by atoms with Crippen LogP contribution in [0.1, 0.15) is 45.4 Å². The predicted molar refractivity (Wildman–Crippen MR) is 77.6 cm³/mol. The lowest BCUT2D eigenvalue weighted by Gasteiger charge is -2.22. The fraction of sp³-hybridized carbons (Fsp3) is 0.929. The largest absolute Gasteiger partial charge is 0.343 e. The van der Waals surface area contributed by atoms with Gasteiger partial charge in [0, 0.05) is 19.5 Å². The molecule has 0 fully saturated rings. The number of amides is 1. The first-order valence-electron chi connectivity index (χ1n) is 7.24. The lowest BCUT2D eigenvalue weighted by molar-refractivity contribution is -0.131. The second kappa shape index (κ2) is 11.5. The highest BCUT2D eigenvalue weighted by Crippen LogP contribution is 2.05. The molecule has 0 saturated carbocycles. The summed E-state index contributed by atoms with van der Waals surface area (Å²) in [5.74, 6) is 0.309. The third-order valence-electron chi connectivity index (χ3n) is 3.11. The lowest BCUT2D eigenvalue weighted by atomic mass is 10.1. The van der Waals surface area contributed by atoms with Crippen molar-refractivity contribution in [3.63, 3.8) is 0 Å². The molecule has 2 N–H and O–H groups in total. The van der Waals surface area contributed by atoms with Crippen molar-refractivity contribution in [2.45, 2.75) is 45.4 Å². The van der Waals surface area contributed by atoms with Crippen molar-refractivity contribution in [3.05, 3.63) is 0 Å². The van der Waals surface area contributed by atoms with Crippen molar-refractivity contribution >= 4 is 5.91 Å². The highest BCUT2D eigenvalue weighted by Gasteiger charge is 2.10. The number of rotatable bonds is 11. The molecule has 0 aliphatic rings. The van der Waals surface area contributed by atoms with Crippen molar-refractivity contribution in [1.29, 1.82) is 0 Å². The van der Waals surface area contributed by atoms with Gasteiger partial charge < -0.3 is 15.5 Å². The summed E-state index contributed by atoms with van der Waals surface area (Å²) >= 11 is 0. The summed E-state index contributed by atoms with van der Waals surface area (Å²) in [6.07, 6.45) is 6.10. The van der Waals surface area contributed by atoms with Crippen LogP contribution in [0, 0.1) is 0 Å². The number of carbonyl (C=O) groups is 1. The lowest BCUT2D eigenvalue weighted by Crippen LogP contribution is -2.33. The highest BCUT2D eigenvalue weighted by atomic mass is 16.2. The summed E-state index contributed by atoms with van der Waals surface area (Å²) in [4.78, 5) is 16.1. The Labute approximate surface area is 113 Å². The molecule has 0 aliphatic heterocycles. The Morgan fingerprint density at radius 2 is 1.67 bits per heavy atom. The van der Waals surface area contributed by atoms with Gasteiger partial charge in [-0.1, -0.05) is 12.8 Å². The Balaban J connectivity index is 3.68. The van der Waals surface area contributed by atoms with Gasteiger partial charge in [0.15, 0.2) is 0 Å². The van der Waals surface area contributed by atoms with Gasteiger partial charge in [0.25, 0.3) is 0 Å². The van der Waals surface area contributed by atoms with Crippen LogP contribution < -0.4 is 5.73 Å². The van der Waals surface area contributed by atoms with E-state index in [1.165, 1.54) is 0 Å². The summed E-state index contributed by atoms with van der Waals surface area (Å²) in [6.45, 7) is 5.58. The summed E-state index contributed by atoms with van der Waals surface area (Å²) < 4.78 is 0. The molecule has 0 aromatic heterocycles. The molecule has 4 nitrogen and oxygen atoms in total. The molecule has 0 atom stereocenters. The standard InChI is InChI=1S/C14H31N3O/c1-4-17(13-9-12-16(2)3)14(18)10-7-5-6-8-11-15/h4-13,15H2,1-3H3. The van der Waals surface area contributed by atoms with Crippen molar-refractivity contribution in [2.24, 2.45) is 5.73 Å². The molecule has 0 spiro atoms. The summed E-state index contributed by atoms with van der Waals surface area (Å²) in [5, 5.41) is 0. The SMILES string of the molecule is CCN(CCCN(C)C)C(=O)CCCCCCN. The third-order valence-corrected chi connectivity index (χ3v) is 3.11. The maximum Gasteiger partial charge on any atom is 0.222 e. The Morgan fingerprint density at radius 3 is 2.22 bits per heavy atom. The molecule has 0 aliphatic carbocycles. The van der Waals surface area contributed by atoms with Gasteiger partial charge in [-0.25, -0.2) is 0 Å². The number of carbonyl (C=O) groups excluding carboxylic acids is 1. The van der Waals surface area contributed by atoms with Crippen LogP contribution in [-0.2, 0) is 4.79 Å². The molecule has 0 unspecified atom stereocenters. The summed E-state index contributed by atoms with van der Waals surface area (Å²) in [5.41, 5.74) is 5.44. The first-order chi connectivity index (χ1) is 8.61. The number of hydrogen-bond donors (Lipinski definition) is 1. The highest BCUT2D eigenvalue weighted by molar-refractivity contribution is 5.76. The molecule has 4 heteroatoms. The van der Waals surface area contributed by atoms with E-state index in [4.69, 9.17) is 5.73 Å². The number of unbranched alkanes of at least 4 members (excludes halogenated alkanes) is 3. The van der Waals surface area contributed by atoms with Crippen LogP contribution in [0.5, 0.6) is 0 Å². The molecule has 0 heterocycles. The average molecular weight is 257 g/mol. The van der Waals surface area contributed by atoms with Crippen LogP contribution in [0.15, 0.2) is 0 Å². The van der Waals surface area contributed by atoms with Crippen LogP contribution >= 0.6 is 0 Å². The van der Waals surface area contributed by atoms with E-state index in [1.54, 1.807) is 0 Å². The van der Waals surface area contributed by atoms with Gasteiger partial charge in [0.2, 0.25) is 5.91 Å². The Morgan fingerprint density at radius 1 is 1.00 bits per heavy atom. The van der Waals surface area contributed by atoms with Gasteiger partial charge in [0.1, 0.15) is 0 Å². The summed E-state index contributed by atoms with van der Waals surface area (Å²) in [7, 11) is 4.13. The van der Waals surface area contributed by atoms with E-state index in [2.05, 4.69) is 25.9 Å². The molecule has 0 aromatic rings. The molecule has 1 amide bonds. The van der Waals surface area contributed by atoms with Crippen molar-refractivity contribution in [3.8, 4) is 0 Å². The first-order valence-corrected chi connectivity index (χ1v) is 7.24. The van der Waals surface area contributed by atoms with Gasteiger partial charge in [-0.05, 0) is 53.4 Å². The van der Waals surface area contributed by atoms with Gasteiger partial charge in [-0.3, -0.25) is 4.79 Å². The Bertz CT molecular complexity index is 207. The van der Waals surface area contributed by atoms with E-state index in [1.807, 2.05) is 4.90 Å². The Kier molecular flexibility index (Phi) is 11.1. The van der Waals surface area contributed by atoms with Crippen LogP contribution in [0.3, 0.4) is 0 Å². The minimum absolute atomic E-state index is 0.309. The fourth-order valence-electron chi connectivity index (χ4n) is 1.97. The number of hydrogen-bond acceptors (Lipinski definition) is 3. The van der Waals surface area contributed by atoms with E-state index in [0.29, 0.717) is 12.3 Å². The minimum atomic E-state index is 0.309. The van der Waals surface area contributed by atoms with Crippen LogP contribution in [0.25, 0.3) is 0 Å². The topological polar surface area (TPSA) is 49.6 Å². The van der Waals surface area contributed by atoms with Gasteiger partial charge >= 0.3 is 0 Å². The van der Waals surface area contributed by atoms with Crippen molar-refractivity contribution in [2.75, 3.05) is 40.3 Å². The average Bonchev–Trinajstić information content (AvgIpc) is 2.33. The normalized spacial score (nSPS) is 10.9. The van der Waals surface area contributed by atoms with Gasteiger partial charge in [-0.2, -0.15) is 0 Å². The quantitative estimate of drug-likeness (QED) is 0.573. The zero-order chi connectivity index (χ0) is 13.8. The fourth-order valence-corrected chi connectivity index (χ4v) is 1.97. The van der Waals surface area contributed by atoms with Crippen molar-refractivity contribution < 1.29 is 4.79 Å². The molecular formula is C14H31N3O. The maximum atomic E-state index is 12.0. The minimum Gasteiger partial charge on any atom is -0.343 e. The second-order valence-corrected chi connectivity index (χ2v) is 5.08. The van der Waals surface area contributed by atoms with Crippen LogP contribution in [0.2, 0.25) is 0 Å². The second-order valence-electron chi connectivity index (χ2n) is 5.08. The van der Waals surface area contributed by atoms with Crippen LogP contribution in [0.4, 0.5) is 0 Å². The van der Waals surface area contributed by atoms with E-state index < -0.39 is 0 Å². The van der Waals surface area contributed by atoms with E-state index in [9.17, 15) is 4.79 Å². The third kappa shape index (κ3) is 9.42. The monoisotopic (exact) mass is 257 g/mol. The van der Waals surface area contributed by atoms with Gasteiger partial charge in [-0.15, -0.1) is 0 Å². The van der Waals surface area contributed by atoms with E-state index >= 15 is 0 Å². The summed E-state index contributed by atoms with van der Waals surface area (Å²) in [6, 6.07) is 0. The first kappa shape index (κ1) is 17.4. The molecular weight excluding hydrogens is 226 g/mol. The van der Waals surface area contributed by atoms with Crippen LogP contribution in [-0.4, -0.2) is 56.0 Å². The molecule has 0 saturated heterocycles. The van der Waals surface area contributed by atoms with Gasteiger partial charge in [0.05, 0.1) is 0 Å². The molecule has 18 heavy (non-hydrogen) atoms. The zero-order valence-electron chi connectivity index (χ0n) is 12.5. The molecule has 0 rings (SSSR count). The Hall–Kier alpha value is -0.610. The molecule has 108 valence electrons. The molecule has 0 radical (unpaired) electrons. The molecule has 0 aromatic carbocycles. The van der Waals surface area contributed by atoms with E-state index in [0.717, 1.165) is 58.3 Å². The zero-order valence-corrected chi connectivity index (χ0v) is 12.5. The van der Waals surface area contributed by atoms with E-state index in [-0.39, 0.29) is 0 Å². The predicted octanol–water partition coefficient (Wildman–Crippen LogP) is 1.70. The number of nitrogens with two attached hydrogens (primary N) is 1. The van der Waals surface area contributed by atoms with Crippen molar-refractivity contribution in [1.82, 2.24) is 9.80 Å². The number of nitrogens with zero attached hydrogens (tertiary/aromatic N) is 2. The smallest absolute Gasteiger partial charge is 0.222 e. The molecule has 0 bridgehead atoms.